The molecule has 0 fully saturated rings. The molecule has 106 valence electrons. The van der Waals surface area contributed by atoms with E-state index < -0.39 is 0 Å². The Bertz CT molecular complexity index is 584. The van der Waals surface area contributed by atoms with Crippen LogP contribution < -0.4 is 5.32 Å². The normalized spacial score (nSPS) is 14.1. The van der Waals surface area contributed by atoms with E-state index in [1.165, 1.54) is 11.1 Å². The van der Waals surface area contributed by atoms with Crippen molar-refractivity contribution in [2.45, 2.75) is 25.9 Å². The topological polar surface area (TPSA) is 12.0 Å². The Morgan fingerprint density at radius 2 is 1.60 bits per heavy atom. The number of benzene rings is 2. The fourth-order valence-electron chi connectivity index (χ4n) is 2.17. The van der Waals surface area contributed by atoms with E-state index in [4.69, 9.17) is 11.6 Å². The molecule has 1 N–H and O–H groups in total. The highest BCUT2D eigenvalue weighted by Gasteiger charge is 2.13. The van der Waals surface area contributed by atoms with Gasteiger partial charge in [0.25, 0.3) is 0 Å². The number of halogens is 3. The number of rotatable bonds is 4. The quantitative estimate of drug-likeness (QED) is 0.618. The first-order valence-electron chi connectivity index (χ1n) is 6.44. The Hall–Kier alpha value is -0.350. The highest BCUT2D eigenvalue weighted by Crippen LogP contribution is 2.28. The molecule has 0 saturated carbocycles. The van der Waals surface area contributed by atoms with Crippen LogP contribution in [-0.2, 0) is 0 Å². The van der Waals surface area contributed by atoms with Gasteiger partial charge in [-0.2, -0.15) is 0 Å². The molecule has 0 bridgehead atoms. The number of hydrogen-bond donors (Lipinski definition) is 1. The van der Waals surface area contributed by atoms with Crippen LogP contribution in [0.4, 0.5) is 0 Å². The Balaban J connectivity index is 2.10. The Morgan fingerprint density at radius 3 is 2.20 bits per heavy atom. The summed E-state index contributed by atoms with van der Waals surface area (Å²) in [4.78, 5) is 0. The van der Waals surface area contributed by atoms with Gasteiger partial charge in [0.1, 0.15) is 0 Å². The van der Waals surface area contributed by atoms with Crippen molar-refractivity contribution in [3.63, 3.8) is 0 Å². The summed E-state index contributed by atoms with van der Waals surface area (Å²) >= 11 is 13.0. The van der Waals surface area contributed by atoms with Gasteiger partial charge < -0.3 is 5.32 Å². The van der Waals surface area contributed by atoms with E-state index in [1.807, 2.05) is 12.1 Å². The molecular weight excluding hydrogens is 401 g/mol. The molecule has 0 radical (unpaired) electrons. The van der Waals surface area contributed by atoms with Crippen molar-refractivity contribution >= 4 is 43.5 Å². The van der Waals surface area contributed by atoms with Gasteiger partial charge in [-0.05, 0) is 49.2 Å². The first-order chi connectivity index (χ1) is 9.47. The maximum Gasteiger partial charge on any atom is 0.0406 e. The van der Waals surface area contributed by atoms with E-state index >= 15 is 0 Å². The summed E-state index contributed by atoms with van der Waals surface area (Å²) in [6.45, 7) is 4.33. The number of nitrogens with one attached hydrogen (secondary N) is 1. The molecule has 0 aliphatic carbocycles. The van der Waals surface area contributed by atoms with Crippen LogP contribution in [0.1, 0.15) is 37.1 Å². The van der Waals surface area contributed by atoms with Crippen molar-refractivity contribution in [1.29, 1.82) is 0 Å². The summed E-state index contributed by atoms with van der Waals surface area (Å²) in [5.41, 5.74) is 2.48. The van der Waals surface area contributed by atoms with Crippen LogP contribution >= 0.6 is 43.5 Å². The van der Waals surface area contributed by atoms with Gasteiger partial charge in [-0.1, -0.05) is 61.7 Å². The van der Waals surface area contributed by atoms with Crippen molar-refractivity contribution in [3.05, 3.63) is 67.6 Å². The molecular formula is C16H16Br2ClN. The van der Waals surface area contributed by atoms with Crippen molar-refractivity contribution in [2.24, 2.45) is 0 Å². The molecule has 1 unspecified atom stereocenters. The molecule has 0 aliphatic heterocycles. The van der Waals surface area contributed by atoms with Gasteiger partial charge in [-0.25, -0.2) is 0 Å². The van der Waals surface area contributed by atoms with Crippen LogP contribution in [0.25, 0.3) is 0 Å². The fourth-order valence-corrected chi connectivity index (χ4v) is 3.68. The largest absolute Gasteiger partial charge is 0.304 e. The van der Waals surface area contributed by atoms with Gasteiger partial charge in [0.2, 0.25) is 0 Å². The molecule has 0 heterocycles. The predicted octanol–water partition coefficient (Wildman–Crippen LogP) is 6.28. The van der Waals surface area contributed by atoms with E-state index in [0.717, 1.165) is 14.0 Å². The second kappa shape index (κ2) is 7.08. The van der Waals surface area contributed by atoms with Crippen molar-refractivity contribution in [3.8, 4) is 0 Å². The maximum atomic E-state index is 5.92. The molecule has 2 rings (SSSR count). The molecule has 1 nitrogen and oxygen atoms in total. The zero-order chi connectivity index (χ0) is 14.7. The first kappa shape index (κ1) is 16.0. The molecule has 0 aromatic heterocycles. The van der Waals surface area contributed by atoms with Gasteiger partial charge in [0, 0.05) is 26.1 Å². The minimum absolute atomic E-state index is 0.253. The maximum absolute atomic E-state index is 5.92. The van der Waals surface area contributed by atoms with Gasteiger partial charge in [0.15, 0.2) is 0 Å². The third-order valence-corrected chi connectivity index (χ3v) is 4.73. The van der Waals surface area contributed by atoms with Crippen LogP contribution in [0, 0.1) is 0 Å². The van der Waals surface area contributed by atoms with E-state index in [9.17, 15) is 0 Å². The van der Waals surface area contributed by atoms with Crippen molar-refractivity contribution in [2.75, 3.05) is 0 Å². The minimum atomic E-state index is 0.253. The molecule has 0 spiro atoms. The van der Waals surface area contributed by atoms with Crippen LogP contribution in [-0.4, -0.2) is 0 Å². The van der Waals surface area contributed by atoms with E-state index in [-0.39, 0.29) is 12.1 Å². The molecule has 0 aliphatic rings. The van der Waals surface area contributed by atoms with Gasteiger partial charge in [0.05, 0.1) is 0 Å². The minimum Gasteiger partial charge on any atom is -0.304 e. The van der Waals surface area contributed by atoms with Crippen LogP contribution in [0.3, 0.4) is 0 Å². The summed E-state index contributed by atoms with van der Waals surface area (Å²) in [6.07, 6.45) is 0. The van der Waals surface area contributed by atoms with Crippen molar-refractivity contribution in [1.82, 2.24) is 5.32 Å². The smallest absolute Gasteiger partial charge is 0.0406 e. The lowest BCUT2D eigenvalue weighted by Gasteiger charge is -2.22. The summed E-state index contributed by atoms with van der Waals surface area (Å²) in [5.74, 6) is 0. The number of hydrogen-bond acceptors (Lipinski definition) is 1. The monoisotopic (exact) mass is 415 g/mol. The first-order valence-corrected chi connectivity index (χ1v) is 8.40. The summed E-state index contributed by atoms with van der Waals surface area (Å²) in [6, 6.07) is 14.7. The summed E-state index contributed by atoms with van der Waals surface area (Å²) in [7, 11) is 0. The average molecular weight is 418 g/mol. The third kappa shape index (κ3) is 4.08. The summed E-state index contributed by atoms with van der Waals surface area (Å²) < 4.78 is 2.18. The zero-order valence-electron chi connectivity index (χ0n) is 11.3. The molecule has 2 aromatic carbocycles. The average Bonchev–Trinajstić information content (AvgIpc) is 2.39. The highest BCUT2D eigenvalue weighted by molar-refractivity contribution is 9.11. The van der Waals surface area contributed by atoms with Crippen LogP contribution in [0.5, 0.6) is 0 Å². The second-order valence-corrected chi connectivity index (χ2v) is 7.03. The van der Waals surface area contributed by atoms with Gasteiger partial charge >= 0.3 is 0 Å². The Morgan fingerprint density at radius 1 is 0.950 bits per heavy atom. The lowest BCUT2D eigenvalue weighted by molar-refractivity contribution is 0.493. The van der Waals surface area contributed by atoms with Gasteiger partial charge in [-0.3, -0.25) is 0 Å². The molecule has 0 saturated heterocycles. The molecule has 2 atom stereocenters. The van der Waals surface area contributed by atoms with E-state index in [1.54, 1.807) is 0 Å². The molecule has 0 amide bonds. The van der Waals surface area contributed by atoms with E-state index in [2.05, 4.69) is 81.4 Å². The molecule has 20 heavy (non-hydrogen) atoms. The van der Waals surface area contributed by atoms with Crippen LogP contribution in [0.15, 0.2) is 51.4 Å². The lowest BCUT2D eigenvalue weighted by Crippen LogP contribution is -2.22. The van der Waals surface area contributed by atoms with E-state index in [0.29, 0.717) is 0 Å². The van der Waals surface area contributed by atoms with Crippen LogP contribution in [0.2, 0.25) is 5.02 Å². The second-order valence-electron chi connectivity index (χ2n) is 4.83. The van der Waals surface area contributed by atoms with Crippen molar-refractivity contribution < 1.29 is 0 Å². The fraction of sp³-hybridized carbons (Fsp3) is 0.250. The highest BCUT2D eigenvalue weighted by atomic mass is 79.9. The van der Waals surface area contributed by atoms with Gasteiger partial charge in [-0.15, -0.1) is 0 Å². The molecule has 4 heteroatoms. The lowest BCUT2D eigenvalue weighted by atomic mass is 10.0. The standard InChI is InChI=1S/C16H16Br2ClN/c1-10(12-3-6-14(19)7-4-12)20-11(2)15-8-5-13(17)9-16(15)18/h3-11,20H,1-2H3/t10-,11?/m1/s1. The predicted molar refractivity (Wildman–Crippen MR) is 93.3 cm³/mol. The zero-order valence-corrected chi connectivity index (χ0v) is 15.3. The third-order valence-electron chi connectivity index (χ3n) is 3.30. The SMILES string of the molecule is CC(N[C@H](C)c1ccc(Cl)cc1)c1ccc(Br)cc1Br. The summed E-state index contributed by atoms with van der Waals surface area (Å²) in [5, 5.41) is 4.37. The Kier molecular flexibility index (Phi) is 5.67. The Labute approximate surface area is 142 Å². The molecule has 2 aromatic rings.